The lowest BCUT2D eigenvalue weighted by atomic mass is 10.2. The smallest absolute Gasteiger partial charge is 0.266 e. The average Bonchev–Trinajstić information content (AvgIpc) is 2.92. The Kier molecular flexibility index (Phi) is 5.57. The van der Waals surface area contributed by atoms with Crippen molar-refractivity contribution >= 4 is 44.7 Å². The number of anilines is 2. The molecule has 2 amide bonds. The lowest BCUT2D eigenvalue weighted by molar-refractivity contribution is -0.114. The van der Waals surface area contributed by atoms with E-state index in [1.165, 1.54) is 18.3 Å². The molecule has 0 aliphatic carbocycles. The Labute approximate surface area is 165 Å². The zero-order chi connectivity index (χ0) is 20.4. The van der Waals surface area contributed by atoms with E-state index in [1.807, 2.05) is 19.0 Å². The zero-order valence-corrected chi connectivity index (χ0v) is 16.9. The molecule has 0 bridgehead atoms. The molecule has 2 heterocycles. The van der Waals surface area contributed by atoms with Gasteiger partial charge in [0.15, 0.2) is 0 Å². The van der Waals surface area contributed by atoms with E-state index in [9.17, 15) is 14.4 Å². The first-order chi connectivity index (χ1) is 13.2. The van der Waals surface area contributed by atoms with Gasteiger partial charge >= 0.3 is 0 Å². The molecule has 0 saturated heterocycles. The van der Waals surface area contributed by atoms with Crippen LogP contribution in [0.15, 0.2) is 29.1 Å². The van der Waals surface area contributed by atoms with Gasteiger partial charge in [0, 0.05) is 18.3 Å². The maximum Gasteiger partial charge on any atom is 0.266 e. The number of aromatic nitrogens is 2. The number of thiophene rings is 1. The van der Waals surface area contributed by atoms with Gasteiger partial charge in [-0.05, 0) is 50.8 Å². The molecule has 28 heavy (non-hydrogen) atoms. The third kappa shape index (κ3) is 4.26. The van der Waals surface area contributed by atoms with Crippen LogP contribution < -0.4 is 16.2 Å². The Morgan fingerprint density at radius 1 is 1.14 bits per heavy atom. The quantitative estimate of drug-likeness (QED) is 0.611. The van der Waals surface area contributed by atoms with E-state index in [1.54, 1.807) is 31.2 Å². The molecular formula is C19H21N5O3S. The number of amides is 2. The fourth-order valence-electron chi connectivity index (χ4n) is 2.81. The third-order valence-corrected chi connectivity index (χ3v) is 5.17. The molecule has 0 atom stereocenters. The summed E-state index contributed by atoms with van der Waals surface area (Å²) in [6, 6.07) is 6.81. The first-order valence-corrected chi connectivity index (χ1v) is 9.42. The van der Waals surface area contributed by atoms with E-state index in [2.05, 4.69) is 20.6 Å². The number of carbonyl (C=O) groups is 2. The molecular weight excluding hydrogens is 378 g/mol. The van der Waals surface area contributed by atoms with Gasteiger partial charge in [0.1, 0.15) is 10.7 Å². The minimum atomic E-state index is -0.304. The van der Waals surface area contributed by atoms with Gasteiger partial charge in [-0.15, -0.1) is 11.3 Å². The van der Waals surface area contributed by atoms with E-state index in [0.29, 0.717) is 44.4 Å². The van der Waals surface area contributed by atoms with Gasteiger partial charge in [-0.3, -0.25) is 14.4 Å². The molecule has 2 aromatic heterocycles. The van der Waals surface area contributed by atoms with Crippen LogP contribution in [0.25, 0.3) is 10.2 Å². The highest BCUT2D eigenvalue weighted by molar-refractivity contribution is 7.20. The Bertz CT molecular complexity index is 1100. The SMILES string of the molecule is CC(=O)Nc1ccc(NC(=O)c2sc3nc(CN(C)C)[nH]c(=O)c3c2C)cc1. The number of H-pyrrole nitrogens is 1. The summed E-state index contributed by atoms with van der Waals surface area (Å²) >= 11 is 1.20. The molecule has 0 aliphatic heterocycles. The molecule has 0 spiro atoms. The third-order valence-electron chi connectivity index (χ3n) is 3.98. The number of rotatable bonds is 5. The van der Waals surface area contributed by atoms with Crippen LogP contribution in [0.5, 0.6) is 0 Å². The number of fused-ring (bicyclic) bond motifs is 1. The number of carbonyl (C=O) groups excluding carboxylic acids is 2. The molecule has 3 rings (SSSR count). The molecule has 0 aliphatic rings. The van der Waals surface area contributed by atoms with E-state index in [4.69, 9.17) is 0 Å². The lowest BCUT2D eigenvalue weighted by Gasteiger charge is -2.07. The number of hydrogen-bond acceptors (Lipinski definition) is 6. The summed E-state index contributed by atoms with van der Waals surface area (Å²) in [7, 11) is 3.78. The second kappa shape index (κ2) is 7.91. The maximum atomic E-state index is 12.7. The maximum absolute atomic E-state index is 12.7. The normalized spacial score (nSPS) is 11.0. The first-order valence-electron chi connectivity index (χ1n) is 8.60. The van der Waals surface area contributed by atoms with Crippen molar-refractivity contribution < 1.29 is 9.59 Å². The van der Waals surface area contributed by atoms with Crippen molar-refractivity contribution in [1.29, 1.82) is 0 Å². The topological polar surface area (TPSA) is 107 Å². The molecule has 9 heteroatoms. The summed E-state index contributed by atoms with van der Waals surface area (Å²) in [5.41, 5.74) is 1.60. The van der Waals surface area contributed by atoms with Crippen molar-refractivity contribution in [3.63, 3.8) is 0 Å². The number of aryl methyl sites for hydroxylation is 1. The van der Waals surface area contributed by atoms with Crippen LogP contribution in [0.3, 0.4) is 0 Å². The van der Waals surface area contributed by atoms with Crippen molar-refractivity contribution in [1.82, 2.24) is 14.9 Å². The fraction of sp³-hybridized carbons (Fsp3) is 0.263. The summed E-state index contributed by atoms with van der Waals surface area (Å²) in [6.45, 7) is 3.68. The molecule has 3 aromatic rings. The molecule has 146 valence electrons. The van der Waals surface area contributed by atoms with Crippen molar-refractivity contribution in [3.8, 4) is 0 Å². The second-order valence-electron chi connectivity index (χ2n) is 6.70. The highest BCUT2D eigenvalue weighted by Crippen LogP contribution is 2.28. The Hall–Kier alpha value is -3.04. The summed E-state index contributed by atoms with van der Waals surface area (Å²) in [5.74, 6) is 0.0923. The zero-order valence-electron chi connectivity index (χ0n) is 16.0. The van der Waals surface area contributed by atoms with Crippen molar-refractivity contribution in [2.24, 2.45) is 0 Å². The number of hydrogen-bond donors (Lipinski definition) is 3. The number of aromatic amines is 1. The Balaban J connectivity index is 1.87. The van der Waals surface area contributed by atoms with Gasteiger partial charge < -0.3 is 20.5 Å². The van der Waals surface area contributed by atoms with Gasteiger partial charge in [0.05, 0.1) is 16.8 Å². The molecule has 0 saturated carbocycles. The number of benzene rings is 1. The fourth-order valence-corrected chi connectivity index (χ4v) is 3.90. The van der Waals surface area contributed by atoms with Crippen LogP contribution in [0.1, 0.15) is 28.0 Å². The van der Waals surface area contributed by atoms with Crippen LogP contribution in [0.2, 0.25) is 0 Å². The summed E-state index contributed by atoms with van der Waals surface area (Å²) in [5, 5.41) is 5.93. The van der Waals surface area contributed by atoms with Crippen LogP contribution in [-0.2, 0) is 11.3 Å². The van der Waals surface area contributed by atoms with Crippen molar-refractivity contribution in [2.45, 2.75) is 20.4 Å². The predicted molar refractivity (Wildman–Crippen MR) is 111 cm³/mol. The molecule has 0 unspecified atom stereocenters. The van der Waals surface area contributed by atoms with Gasteiger partial charge in [-0.25, -0.2) is 4.98 Å². The van der Waals surface area contributed by atoms with E-state index >= 15 is 0 Å². The lowest BCUT2D eigenvalue weighted by Crippen LogP contribution is -2.18. The van der Waals surface area contributed by atoms with E-state index in [0.717, 1.165) is 0 Å². The van der Waals surface area contributed by atoms with E-state index in [-0.39, 0.29) is 17.4 Å². The predicted octanol–water partition coefficient (Wildman–Crippen LogP) is 2.57. The molecule has 8 nitrogen and oxygen atoms in total. The first kappa shape index (κ1) is 19.7. The standard InChI is InChI=1S/C19H21N5O3S/c1-10-15-17(26)22-14(9-24(3)4)23-19(15)28-16(10)18(27)21-13-7-5-12(6-8-13)20-11(2)25/h5-8H,9H2,1-4H3,(H,20,25)(H,21,27)(H,22,23,26). The van der Waals surface area contributed by atoms with E-state index < -0.39 is 0 Å². The van der Waals surface area contributed by atoms with Gasteiger partial charge in [-0.2, -0.15) is 0 Å². The molecule has 0 radical (unpaired) electrons. The highest BCUT2D eigenvalue weighted by atomic mass is 32.1. The number of nitrogens with zero attached hydrogens (tertiary/aromatic N) is 2. The summed E-state index contributed by atoms with van der Waals surface area (Å²) in [6.07, 6.45) is 0. The highest BCUT2D eigenvalue weighted by Gasteiger charge is 2.19. The Morgan fingerprint density at radius 2 is 1.75 bits per heavy atom. The van der Waals surface area contributed by atoms with Crippen molar-refractivity contribution in [2.75, 3.05) is 24.7 Å². The van der Waals surface area contributed by atoms with Gasteiger partial charge in [0.25, 0.3) is 11.5 Å². The monoisotopic (exact) mass is 399 g/mol. The second-order valence-corrected chi connectivity index (χ2v) is 7.70. The molecule has 1 aromatic carbocycles. The molecule has 3 N–H and O–H groups in total. The summed E-state index contributed by atoms with van der Waals surface area (Å²) in [4.78, 5) is 46.4. The Morgan fingerprint density at radius 3 is 2.32 bits per heavy atom. The number of nitrogens with one attached hydrogen (secondary N) is 3. The van der Waals surface area contributed by atoms with Crippen LogP contribution in [0, 0.1) is 6.92 Å². The minimum Gasteiger partial charge on any atom is -0.326 e. The van der Waals surface area contributed by atoms with Crippen LogP contribution in [0.4, 0.5) is 11.4 Å². The van der Waals surface area contributed by atoms with Gasteiger partial charge in [-0.1, -0.05) is 0 Å². The summed E-state index contributed by atoms with van der Waals surface area (Å²) < 4.78 is 0. The largest absolute Gasteiger partial charge is 0.326 e. The van der Waals surface area contributed by atoms with Gasteiger partial charge in [0.2, 0.25) is 5.91 Å². The van der Waals surface area contributed by atoms with Crippen LogP contribution in [-0.4, -0.2) is 40.8 Å². The average molecular weight is 399 g/mol. The molecule has 0 fully saturated rings. The van der Waals surface area contributed by atoms with Crippen LogP contribution >= 0.6 is 11.3 Å². The minimum absolute atomic E-state index is 0.163. The van der Waals surface area contributed by atoms with Crippen molar-refractivity contribution in [3.05, 3.63) is 50.9 Å².